The fourth-order valence-corrected chi connectivity index (χ4v) is 5.13. The van der Waals surface area contributed by atoms with Gasteiger partial charge in [-0.15, -0.1) is 0 Å². The van der Waals surface area contributed by atoms with E-state index in [0.717, 1.165) is 57.5 Å². The average Bonchev–Trinajstić information content (AvgIpc) is 3.55. The Morgan fingerprint density at radius 2 is 1.92 bits per heavy atom. The minimum absolute atomic E-state index is 0.0622. The fraction of sp³-hybridized carbons (Fsp3) is 0.207. The number of nitrogen functional groups attached to an aromatic ring is 1. The van der Waals surface area contributed by atoms with Crippen molar-refractivity contribution in [3.63, 3.8) is 0 Å². The second-order valence-corrected chi connectivity index (χ2v) is 9.35. The van der Waals surface area contributed by atoms with Gasteiger partial charge in [0.2, 0.25) is 0 Å². The number of nitrogens with zero attached hydrogens (tertiary/aromatic N) is 3. The van der Waals surface area contributed by atoms with Crippen LogP contribution in [-0.2, 0) is 19.3 Å². The third-order valence-corrected chi connectivity index (χ3v) is 7.15. The molecule has 0 bridgehead atoms. The summed E-state index contributed by atoms with van der Waals surface area (Å²) in [5.74, 6) is 1.33. The lowest BCUT2D eigenvalue weighted by Gasteiger charge is -2.35. The second kappa shape index (κ2) is 9.00. The molecule has 1 aliphatic rings. The quantitative estimate of drug-likeness (QED) is 0.318. The molecule has 1 unspecified atom stereocenters. The van der Waals surface area contributed by atoms with Gasteiger partial charge in [0.05, 0.1) is 23.4 Å². The van der Waals surface area contributed by atoms with Crippen LogP contribution >= 0.6 is 0 Å². The number of amides is 1. The van der Waals surface area contributed by atoms with Crippen LogP contribution in [0.2, 0.25) is 0 Å². The molecule has 1 amide bonds. The maximum Gasteiger partial charge on any atom is 0.254 e. The van der Waals surface area contributed by atoms with Gasteiger partial charge in [0, 0.05) is 29.5 Å². The summed E-state index contributed by atoms with van der Waals surface area (Å²) in [5, 5.41) is 7.96. The maximum absolute atomic E-state index is 13.7. The summed E-state index contributed by atoms with van der Waals surface area (Å²) in [7, 11) is 0. The van der Waals surface area contributed by atoms with Crippen molar-refractivity contribution in [2.24, 2.45) is 0 Å². The Labute approximate surface area is 209 Å². The number of carbonyl (C=O) groups excluding carboxylic acids is 1. The summed E-state index contributed by atoms with van der Waals surface area (Å²) >= 11 is 0. The van der Waals surface area contributed by atoms with E-state index >= 15 is 0 Å². The third-order valence-electron chi connectivity index (χ3n) is 7.15. The summed E-state index contributed by atoms with van der Waals surface area (Å²) in [6.45, 7) is 2.80. The Bertz CT molecular complexity index is 1550. The van der Waals surface area contributed by atoms with Crippen LogP contribution in [0.15, 0.2) is 72.9 Å². The van der Waals surface area contributed by atoms with Gasteiger partial charge in [-0.05, 0) is 47.7 Å². The molecule has 6 rings (SSSR count). The van der Waals surface area contributed by atoms with Crippen LogP contribution in [0.1, 0.15) is 45.8 Å². The molecule has 3 heterocycles. The molecule has 180 valence electrons. The normalized spacial score (nSPS) is 14.2. The molecule has 0 aliphatic carbocycles. The van der Waals surface area contributed by atoms with E-state index in [-0.39, 0.29) is 11.9 Å². The number of aryl methyl sites for hydroxylation is 1. The molecule has 0 radical (unpaired) electrons. The molecule has 5 aromatic rings. The van der Waals surface area contributed by atoms with E-state index in [1.165, 1.54) is 5.56 Å². The Balaban J connectivity index is 1.36. The van der Waals surface area contributed by atoms with Crippen molar-refractivity contribution in [2.45, 2.75) is 32.2 Å². The first-order chi connectivity index (χ1) is 17.6. The van der Waals surface area contributed by atoms with Crippen molar-refractivity contribution in [3.05, 3.63) is 101 Å². The minimum atomic E-state index is -0.209. The molecule has 0 fully saturated rings. The number of carbonyl (C=O) groups is 1. The van der Waals surface area contributed by atoms with Crippen LogP contribution in [0.25, 0.3) is 22.2 Å². The zero-order valence-corrected chi connectivity index (χ0v) is 20.2. The second-order valence-electron chi connectivity index (χ2n) is 9.35. The van der Waals surface area contributed by atoms with Gasteiger partial charge in [-0.1, -0.05) is 55.5 Å². The highest BCUT2D eigenvalue weighted by Gasteiger charge is 2.32. The molecule has 0 saturated carbocycles. The van der Waals surface area contributed by atoms with E-state index in [9.17, 15) is 4.79 Å². The molecule has 3 aromatic carbocycles. The van der Waals surface area contributed by atoms with E-state index in [1.807, 2.05) is 53.6 Å². The number of hydrogen-bond donors (Lipinski definition) is 3. The third kappa shape index (κ3) is 3.92. The van der Waals surface area contributed by atoms with E-state index in [2.05, 4.69) is 46.4 Å². The van der Waals surface area contributed by atoms with Crippen LogP contribution in [0.3, 0.4) is 0 Å². The van der Waals surface area contributed by atoms with Gasteiger partial charge in [0.25, 0.3) is 5.91 Å². The molecule has 7 nitrogen and oxygen atoms in total. The van der Waals surface area contributed by atoms with Crippen molar-refractivity contribution in [2.75, 3.05) is 12.3 Å². The Morgan fingerprint density at radius 1 is 1.06 bits per heavy atom. The molecule has 1 atom stereocenters. The van der Waals surface area contributed by atoms with Crippen molar-refractivity contribution < 1.29 is 4.79 Å². The largest absolute Gasteiger partial charge is 0.382 e. The summed E-state index contributed by atoms with van der Waals surface area (Å²) in [6.07, 6.45) is 4.32. The SMILES string of the molecule is CCc1ccc2c(c1)CCN(C(Cc1ccccc1)c1ncc(-c3ccc4c(N)n[nH]c4c3)[nH]1)C2=O. The van der Waals surface area contributed by atoms with Crippen LogP contribution < -0.4 is 5.73 Å². The van der Waals surface area contributed by atoms with Gasteiger partial charge < -0.3 is 15.6 Å². The van der Waals surface area contributed by atoms with Crippen LogP contribution in [0.5, 0.6) is 0 Å². The molecule has 0 saturated heterocycles. The van der Waals surface area contributed by atoms with Crippen molar-refractivity contribution >= 4 is 22.6 Å². The summed E-state index contributed by atoms with van der Waals surface area (Å²) in [4.78, 5) is 24.0. The van der Waals surface area contributed by atoms with Crippen molar-refractivity contribution in [1.29, 1.82) is 0 Å². The molecule has 7 heteroatoms. The standard InChI is InChI=1S/C29H28N6O/c1-2-18-8-10-22-20(14-18)12-13-35(29(22)36)26(15-19-6-4-3-5-7-19)28-31-17-25(32-28)21-9-11-23-24(16-21)33-34-27(23)30/h3-11,14,16-17,26H,2,12-13,15H2,1H3,(H,31,32)(H3,30,33,34). The predicted molar refractivity (Wildman–Crippen MR) is 142 cm³/mol. The number of rotatable bonds is 6. The van der Waals surface area contributed by atoms with Gasteiger partial charge in [0.1, 0.15) is 5.82 Å². The number of benzene rings is 3. The maximum atomic E-state index is 13.7. The van der Waals surface area contributed by atoms with E-state index in [1.54, 1.807) is 0 Å². The van der Waals surface area contributed by atoms with Gasteiger partial charge in [0.15, 0.2) is 5.82 Å². The number of H-pyrrole nitrogens is 2. The molecular weight excluding hydrogens is 448 g/mol. The van der Waals surface area contributed by atoms with Gasteiger partial charge in [-0.25, -0.2) is 4.98 Å². The number of imidazole rings is 1. The Kier molecular flexibility index (Phi) is 5.52. The lowest BCUT2D eigenvalue weighted by Crippen LogP contribution is -2.41. The molecule has 36 heavy (non-hydrogen) atoms. The van der Waals surface area contributed by atoms with Crippen LogP contribution in [0, 0.1) is 0 Å². The van der Waals surface area contributed by atoms with Gasteiger partial charge in [-0.3, -0.25) is 9.89 Å². The number of fused-ring (bicyclic) bond motifs is 2. The summed E-state index contributed by atoms with van der Waals surface area (Å²) < 4.78 is 0. The van der Waals surface area contributed by atoms with E-state index in [4.69, 9.17) is 10.7 Å². The number of nitrogens with two attached hydrogens (primary N) is 1. The zero-order valence-electron chi connectivity index (χ0n) is 20.2. The number of hydrogen-bond acceptors (Lipinski definition) is 4. The Morgan fingerprint density at radius 3 is 2.75 bits per heavy atom. The van der Waals surface area contributed by atoms with E-state index < -0.39 is 0 Å². The minimum Gasteiger partial charge on any atom is -0.382 e. The highest BCUT2D eigenvalue weighted by Crippen LogP contribution is 2.32. The molecule has 4 N–H and O–H groups in total. The topological polar surface area (TPSA) is 104 Å². The first kappa shape index (κ1) is 22.1. The monoisotopic (exact) mass is 476 g/mol. The number of anilines is 1. The van der Waals surface area contributed by atoms with Crippen molar-refractivity contribution in [1.82, 2.24) is 25.1 Å². The smallest absolute Gasteiger partial charge is 0.254 e. The highest BCUT2D eigenvalue weighted by atomic mass is 16.2. The molecule has 1 aliphatic heterocycles. The highest BCUT2D eigenvalue weighted by molar-refractivity contribution is 5.97. The van der Waals surface area contributed by atoms with Crippen LogP contribution in [0.4, 0.5) is 5.82 Å². The predicted octanol–water partition coefficient (Wildman–Crippen LogP) is 5.08. The number of nitrogens with one attached hydrogen (secondary N) is 2. The molecule has 2 aromatic heterocycles. The number of aromatic amines is 2. The average molecular weight is 477 g/mol. The molecular formula is C29H28N6O. The molecule has 0 spiro atoms. The first-order valence-corrected chi connectivity index (χ1v) is 12.4. The Hall–Kier alpha value is -4.39. The van der Waals surface area contributed by atoms with Crippen molar-refractivity contribution in [3.8, 4) is 11.3 Å². The zero-order chi connectivity index (χ0) is 24.6. The fourth-order valence-electron chi connectivity index (χ4n) is 5.13. The summed E-state index contributed by atoms with van der Waals surface area (Å²) in [6, 6.07) is 22.3. The lowest BCUT2D eigenvalue weighted by molar-refractivity contribution is 0.0648. The lowest BCUT2D eigenvalue weighted by atomic mass is 9.93. The summed E-state index contributed by atoms with van der Waals surface area (Å²) in [5.41, 5.74) is 13.0. The van der Waals surface area contributed by atoms with Gasteiger partial charge in [-0.2, -0.15) is 5.10 Å². The first-order valence-electron chi connectivity index (χ1n) is 12.4. The van der Waals surface area contributed by atoms with Crippen LogP contribution in [-0.4, -0.2) is 37.5 Å². The number of aromatic nitrogens is 4. The van der Waals surface area contributed by atoms with Gasteiger partial charge >= 0.3 is 0 Å². The van der Waals surface area contributed by atoms with E-state index in [0.29, 0.717) is 18.8 Å².